The molecule has 0 aliphatic carbocycles. The molecule has 1 aliphatic heterocycles. The number of rotatable bonds is 3. The number of H-pyrrole nitrogens is 2. The first kappa shape index (κ1) is 16.5. The van der Waals surface area contributed by atoms with Crippen molar-refractivity contribution in [1.29, 1.82) is 0 Å². The molecule has 5 heterocycles. The first-order valence-electron chi connectivity index (χ1n) is 9.93. The van der Waals surface area contributed by atoms with Gasteiger partial charge in [0.25, 0.3) is 0 Å². The minimum atomic E-state index is 0.593. The van der Waals surface area contributed by atoms with E-state index in [1.807, 2.05) is 12.1 Å². The largest absolute Gasteiger partial charge is 0.472 e. The number of piperidine rings is 1. The molecule has 7 nitrogen and oxygen atoms in total. The van der Waals surface area contributed by atoms with E-state index in [-0.39, 0.29) is 0 Å². The van der Waals surface area contributed by atoms with Gasteiger partial charge in [-0.1, -0.05) is 6.07 Å². The summed E-state index contributed by atoms with van der Waals surface area (Å²) in [7, 11) is 0. The van der Waals surface area contributed by atoms with Gasteiger partial charge in [-0.2, -0.15) is 5.10 Å². The average Bonchev–Trinajstić information content (AvgIpc) is 3.52. The van der Waals surface area contributed by atoms with Crippen LogP contribution in [-0.4, -0.2) is 38.2 Å². The Morgan fingerprint density at radius 2 is 1.93 bits per heavy atom. The molecule has 1 aromatic carbocycles. The Balaban J connectivity index is 1.48. The van der Waals surface area contributed by atoms with E-state index in [0.717, 1.165) is 57.8 Å². The van der Waals surface area contributed by atoms with E-state index in [0.29, 0.717) is 5.92 Å². The van der Waals surface area contributed by atoms with Crippen LogP contribution in [0.1, 0.15) is 24.3 Å². The zero-order valence-electron chi connectivity index (χ0n) is 15.8. The van der Waals surface area contributed by atoms with Crippen LogP contribution in [-0.2, 0) is 0 Å². The van der Waals surface area contributed by atoms with Crippen molar-refractivity contribution in [3.8, 4) is 22.8 Å². The molecule has 6 rings (SSSR count). The van der Waals surface area contributed by atoms with E-state index in [1.165, 1.54) is 18.4 Å². The number of aromatic amines is 2. The van der Waals surface area contributed by atoms with E-state index in [9.17, 15) is 0 Å². The van der Waals surface area contributed by atoms with Gasteiger partial charge in [-0.15, -0.1) is 0 Å². The second-order valence-corrected chi connectivity index (χ2v) is 7.55. The highest BCUT2D eigenvalue weighted by molar-refractivity contribution is 5.96. The standard InChI is InChI=1S/C22H20N6O/c1-2-17-16(11-14(1)13-3-7-23-8-4-13)20(28-27-17)22-25-18-5-9-24-19(21(18)26-22)15-6-10-29-12-15/h1-2,5-6,9-13,23H,3-4,7-8H2,(H,25,26)(H,27,28). The number of imidazole rings is 1. The van der Waals surface area contributed by atoms with Gasteiger partial charge in [0.15, 0.2) is 5.82 Å². The van der Waals surface area contributed by atoms with Gasteiger partial charge in [0.1, 0.15) is 16.9 Å². The molecule has 3 N–H and O–H groups in total. The van der Waals surface area contributed by atoms with Gasteiger partial charge in [-0.3, -0.25) is 10.1 Å². The van der Waals surface area contributed by atoms with Crippen molar-refractivity contribution in [2.24, 2.45) is 0 Å². The predicted octanol–water partition coefficient (Wildman–Crippen LogP) is 4.23. The highest BCUT2D eigenvalue weighted by Crippen LogP contribution is 2.33. The van der Waals surface area contributed by atoms with E-state index in [1.54, 1.807) is 18.7 Å². The minimum Gasteiger partial charge on any atom is -0.472 e. The summed E-state index contributed by atoms with van der Waals surface area (Å²) in [6, 6.07) is 10.5. The van der Waals surface area contributed by atoms with Crippen molar-refractivity contribution in [3.63, 3.8) is 0 Å². The lowest BCUT2D eigenvalue weighted by atomic mass is 9.89. The number of pyridine rings is 1. The zero-order chi connectivity index (χ0) is 19.2. The minimum absolute atomic E-state index is 0.593. The quantitative estimate of drug-likeness (QED) is 0.433. The summed E-state index contributed by atoms with van der Waals surface area (Å²) in [5.74, 6) is 1.34. The fourth-order valence-corrected chi connectivity index (χ4v) is 4.28. The second kappa shape index (κ2) is 6.56. The van der Waals surface area contributed by atoms with Gasteiger partial charge in [0, 0.05) is 17.1 Å². The number of hydrogen-bond donors (Lipinski definition) is 3. The Morgan fingerprint density at radius 1 is 1.00 bits per heavy atom. The molecular weight excluding hydrogens is 364 g/mol. The van der Waals surface area contributed by atoms with Crippen molar-refractivity contribution in [1.82, 2.24) is 30.5 Å². The maximum Gasteiger partial charge on any atom is 0.159 e. The molecule has 29 heavy (non-hydrogen) atoms. The lowest BCUT2D eigenvalue weighted by molar-refractivity contribution is 0.460. The molecule has 144 valence electrons. The number of aromatic nitrogens is 5. The summed E-state index contributed by atoms with van der Waals surface area (Å²) < 4.78 is 5.23. The summed E-state index contributed by atoms with van der Waals surface area (Å²) in [6.07, 6.45) is 7.45. The zero-order valence-corrected chi connectivity index (χ0v) is 15.8. The van der Waals surface area contributed by atoms with Crippen molar-refractivity contribution in [2.75, 3.05) is 13.1 Å². The molecule has 0 bridgehead atoms. The smallest absolute Gasteiger partial charge is 0.159 e. The lowest BCUT2D eigenvalue weighted by Gasteiger charge is -2.23. The third-order valence-electron chi connectivity index (χ3n) is 5.82. The molecular formula is C22H20N6O. The number of benzene rings is 1. The highest BCUT2D eigenvalue weighted by Gasteiger charge is 2.19. The molecule has 0 spiro atoms. The van der Waals surface area contributed by atoms with Gasteiger partial charge < -0.3 is 14.7 Å². The fraction of sp³-hybridized carbons (Fsp3) is 0.227. The molecule has 7 heteroatoms. The Labute approximate surface area is 166 Å². The van der Waals surface area contributed by atoms with E-state index in [2.05, 4.69) is 43.7 Å². The van der Waals surface area contributed by atoms with Gasteiger partial charge >= 0.3 is 0 Å². The van der Waals surface area contributed by atoms with Crippen LogP contribution < -0.4 is 5.32 Å². The summed E-state index contributed by atoms with van der Waals surface area (Å²) in [4.78, 5) is 12.8. The third-order valence-corrected chi connectivity index (χ3v) is 5.82. The first-order chi connectivity index (χ1) is 14.4. The molecule has 1 fully saturated rings. The summed E-state index contributed by atoms with van der Waals surface area (Å²) in [5.41, 5.74) is 6.68. The van der Waals surface area contributed by atoms with Crippen molar-refractivity contribution in [2.45, 2.75) is 18.8 Å². The third kappa shape index (κ3) is 2.74. The van der Waals surface area contributed by atoms with Gasteiger partial charge in [0.2, 0.25) is 0 Å². The van der Waals surface area contributed by atoms with Crippen LogP contribution in [0.25, 0.3) is 44.7 Å². The molecule has 5 aromatic rings. The molecule has 1 saturated heterocycles. The van der Waals surface area contributed by atoms with Crippen LogP contribution >= 0.6 is 0 Å². The maximum atomic E-state index is 5.23. The molecule has 0 amide bonds. The van der Waals surface area contributed by atoms with Crippen LogP contribution in [0.15, 0.2) is 53.5 Å². The Bertz CT molecular complexity index is 1290. The van der Waals surface area contributed by atoms with Crippen LogP contribution in [0.5, 0.6) is 0 Å². The highest BCUT2D eigenvalue weighted by atomic mass is 16.3. The monoisotopic (exact) mass is 384 g/mol. The van der Waals surface area contributed by atoms with Crippen molar-refractivity contribution < 1.29 is 4.42 Å². The van der Waals surface area contributed by atoms with E-state index in [4.69, 9.17) is 9.40 Å². The molecule has 1 aliphatic rings. The van der Waals surface area contributed by atoms with Crippen molar-refractivity contribution >= 4 is 21.9 Å². The molecule has 0 radical (unpaired) electrons. The second-order valence-electron chi connectivity index (χ2n) is 7.55. The maximum absolute atomic E-state index is 5.23. The number of furan rings is 1. The van der Waals surface area contributed by atoms with E-state index < -0.39 is 0 Å². The average molecular weight is 384 g/mol. The van der Waals surface area contributed by atoms with Crippen LogP contribution in [0.4, 0.5) is 0 Å². The Hall–Kier alpha value is -3.45. The predicted molar refractivity (Wildman–Crippen MR) is 112 cm³/mol. The number of hydrogen-bond acceptors (Lipinski definition) is 5. The van der Waals surface area contributed by atoms with Crippen LogP contribution in [0.2, 0.25) is 0 Å². The topological polar surface area (TPSA) is 95.4 Å². The van der Waals surface area contributed by atoms with Gasteiger partial charge in [0.05, 0.1) is 23.6 Å². The van der Waals surface area contributed by atoms with Crippen molar-refractivity contribution in [3.05, 3.63) is 54.6 Å². The number of nitrogens with zero attached hydrogens (tertiary/aromatic N) is 3. The Morgan fingerprint density at radius 3 is 2.79 bits per heavy atom. The van der Waals surface area contributed by atoms with Gasteiger partial charge in [-0.25, -0.2) is 4.98 Å². The Kier molecular flexibility index (Phi) is 3.73. The lowest BCUT2D eigenvalue weighted by Crippen LogP contribution is -2.26. The number of fused-ring (bicyclic) bond motifs is 2. The van der Waals surface area contributed by atoms with Crippen LogP contribution in [0, 0.1) is 0 Å². The van der Waals surface area contributed by atoms with Gasteiger partial charge in [-0.05, 0) is 61.7 Å². The van der Waals surface area contributed by atoms with E-state index >= 15 is 0 Å². The van der Waals surface area contributed by atoms with Crippen LogP contribution in [0.3, 0.4) is 0 Å². The number of nitrogens with one attached hydrogen (secondary N) is 3. The summed E-state index contributed by atoms with van der Waals surface area (Å²) >= 11 is 0. The summed E-state index contributed by atoms with van der Waals surface area (Å²) in [5, 5.41) is 12.3. The summed E-state index contributed by atoms with van der Waals surface area (Å²) in [6.45, 7) is 2.16. The first-order valence-corrected chi connectivity index (χ1v) is 9.93. The normalized spacial score (nSPS) is 15.4. The molecule has 0 unspecified atom stereocenters. The molecule has 0 saturated carbocycles. The SMILES string of the molecule is c1cc2[nH]c(-c3n[nH]c4ccc(C5CCNCC5)cc34)nc2c(-c2ccoc2)n1. The molecule has 4 aromatic heterocycles. The molecule has 0 atom stereocenters. The fourth-order valence-electron chi connectivity index (χ4n) is 4.28.